The standard InChI is InChI=1S/C29H21F4NO3S.W/c1-18(38-23-9-5-21(6-10-23)29(31,32)33)25-12-20(19-2-7-22(30)8-3-19)4-11-24(25)26(36)34-28-13-27(14-28,15-28)16-37-17-35;/h1-11,17H,13-16H2,(H,34,36);/q-2;+2. The van der Waals surface area contributed by atoms with Crippen LogP contribution in [-0.2, 0) is 36.8 Å². The Hall–Kier alpha value is -2.90. The zero-order valence-corrected chi connectivity index (χ0v) is 24.1. The molecule has 3 aliphatic carbocycles. The van der Waals surface area contributed by atoms with Gasteiger partial charge in [-0.25, -0.2) is 15.4 Å². The molecule has 3 fully saturated rings. The molecule has 2 bridgehead atoms. The molecule has 3 saturated carbocycles. The van der Waals surface area contributed by atoms with Crippen LogP contribution in [0.15, 0.2) is 65.6 Å². The molecule has 0 heterocycles. The summed E-state index contributed by atoms with van der Waals surface area (Å²) in [5.41, 5.74) is 0.548. The number of ether oxygens (including phenoxy) is 1. The molecule has 3 aromatic carbocycles. The molecule has 4 nitrogen and oxygen atoms in total. The van der Waals surface area contributed by atoms with E-state index in [9.17, 15) is 27.2 Å². The number of thioether (sulfide) groups is 1. The minimum atomic E-state index is -4.46. The summed E-state index contributed by atoms with van der Waals surface area (Å²) in [4.78, 5) is 24.5. The third kappa shape index (κ3) is 5.99. The van der Waals surface area contributed by atoms with Crippen molar-refractivity contribution >= 4 is 29.0 Å². The number of rotatable bonds is 9. The van der Waals surface area contributed by atoms with Crippen molar-refractivity contribution in [2.45, 2.75) is 35.9 Å². The molecule has 6 rings (SSSR count). The van der Waals surface area contributed by atoms with Crippen molar-refractivity contribution in [3.8, 4) is 11.1 Å². The first-order valence-electron chi connectivity index (χ1n) is 11.7. The molecular formula is C29H21F4NO3SW. The van der Waals surface area contributed by atoms with Crippen LogP contribution in [0.3, 0.4) is 0 Å². The molecule has 39 heavy (non-hydrogen) atoms. The molecule has 3 aromatic rings. The number of hydrogen-bond donors (Lipinski definition) is 1. The SMILES string of the molecule is [CH-]=C(Sc1ccc(C(F)(F)F)cc1)c1[c-]c(-c2ccc(F)cc2)ccc1C(=O)NC12CC(COC=O)(C1)C2.[W+2]. The fourth-order valence-corrected chi connectivity index (χ4v) is 6.16. The number of halogens is 4. The van der Waals surface area contributed by atoms with Gasteiger partial charge in [0.05, 0.1) is 12.2 Å². The number of alkyl halides is 3. The van der Waals surface area contributed by atoms with E-state index in [1.54, 1.807) is 24.3 Å². The second-order valence-electron chi connectivity index (χ2n) is 9.83. The number of nitrogens with one attached hydrogen (secondary N) is 1. The van der Waals surface area contributed by atoms with Gasteiger partial charge < -0.3 is 16.6 Å². The van der Waals surface area contributed by atoms with Gasteiger partial charge in [-0.3, -0.25) is 15.2 Å². The maximum Gasteiger partial charge on any atom is 2.00 e. The van der Waals surface area contributed by atoms with Crippen LogP contribution in [-0.4, -0.2) is 24.5 Å². The summed E-state index contributed by atoms with van der Waals surface area (Å²) in [5, 5.41) is 3.07. The van der Waals surface area contributed by atoms with Crippen LogP contribution in [0.2, 0.25) is 0 Å². The van der Waals surface area contributed by atoms with Gasteiger partial charge in [0.1, 0.15) is 5.82 Å². The Morgan fingerprint density at radius 1 is 1.05 bits per heavy atom. The smallest absolute Gasteiger partial charge is 0.467 e. The molecular weight excluding hydrogens is 702 g/mol. The second kappa shape index (κ2) is 10.9. The summed E-state index contributed by atoms with van der Waals surface area (Å²) in [6.45, 7) is 7.14. The van der Waals surface area contributed by atoms with Gasteiger partial charge in [0.15, 0.2) is 5.91 Å². The molecule has 1 N–H and O–H groups in total. The topological polar surface area (TPSA) is 55.4 Å². The normalized spacial score (nSPS) is 21.0. The first-order chi connectivity index (χ1) is 18.0. The van der Waals surface area contributed by atoms with E-state index in [4.69, 9.17) is 11.3 Å². The minimum absolute atomic E-state index is 0. The van der Waals surface area contributed by atoms with Gasteiger partial charge in [-0.05, 0) is 55.7 Å². The maximum atomic E-state index is 13.4. The monoisotopic (exact) mass is 723 g/mol. The molecule has 0 aromatic heterocycles. The first kappa shape index (κ1) is 29.1. The van der Waals surface area contributed by atoms with Crippen molar-refractivity contribution in [2.24, 2.45) is 5.41 Å². The Balaban J connectivity index is 0.00000353. The van der Waals surface area contributed by atoms with E-state index < -0.39 is 17.6 Å². The van der Waals surface area contributed by atoms with Crippen LogP contribution < -0.4 is 5.32 Å². The second-order valence-corrected chi connectivity index (χ2v) is 10.9. The van der Waals surface area contributed by atoms with E-state index >= 15 is 0 Å². The molecule has 1 amide bonds. The summed E-state index contributed by atoms with van der Waals surface area (Å²) >= 11 is 1.02. The van der Waals surface area contributed by atoms with Crippen LogP contribution in [0.25, 0.3) is 16.0 Å². The minimum Gasteiger partial charge on any atom is -0.467 e. The van der Waals surface area contributed by atoms with E-state index in [1.165, 1.54) is 24.3 Å². The van der Waals surface area contributed by atoms with Crippen LogP contribution in [0, 0.1) is 23.9 Å². The van der Waals surface area contributed by atoms with Gasteiger partial charge in [0.2, 0.25) is 0 Å². The number of carbonyl (C=O) groups excluding carboxylic acids is 2. The fourth-order valence-electron chi connectivity index (χ4n) is 5.37. The Kier molecular flexibility index (Phi) is 8.15. The van der Waals surface area contributed by atoms with Crippen molar-refractivity contribution in [2.75, 3.05) is 6.61 Å². The number of benzene rings is 3. The molecule has 0 radical (unpaired) electrons. The molecule has 0 unspecified atom stereocenters. The average molecular weight is 723 g/mol. The van der Waals surface area contributed by atoms with Crippen LogP contribution in [0.4, 0.5) is 17.6 Å². The summed E-state index contributed by atoms with van der Waals surface area (Å²) < 4.78 is 57.2. The Morgan fingerprint density at radius 2 is 1.69 bits per heavy atom. The van der Waals surface area contributed by atoms with Crippen LogP contribution in [0.5, 0.6) is 0 Å². The molecule has 0 saturated heterocycles. The van der Waals surface area contributed by atoms with Gasteiger partial charge in [0.25, 0.3) is 6.47 Å². The van der Waals surface area contributed by atoms with Gasteiger partial charge in [-0.2, -0.15) is 24.9 Å². The molecule has 0 spiro atoms. The summed E-state index contributed by atoms with van der Waals surface area (Å²) in [7, 11) is 0. The van der Waals surface area contributed by atoms with E-state index in [1.807, 2.05) is 0 Å². The average Bonchev–Trinajstić information content (AvgIpc) is 2.84. The molecule has 10 heteroatoms. The van der Waals surface area contributed by atoms with Crippen molar-refractivity contribution in [3.05, 3.63) is 95.8 Å². The number of amides is 1. The van der Waals surface area contributed by atoms with Crippen molar-refractivity contribution in [1.29, 1.82) is 0 Å². The number of carbonyl (C=O) groups is 2. The van der Waals surface area contributed by atoms with Gasteiger partial charge >= 0.3 is 27.2 Å². The maximum absolute atomic E-state index is 13.4. The Bertz CT molecular complexity index is 1390. The quantitative estimate of drug-likeness (QED) is 0.116. The van der Waals surface area contributed by atoms with Gasteiger partial charge in [-0.1, -0.05) is 17.7 Å². The number of hydrogen-bond acceptors (Lipinski definition) is 4. The third-order valence-electron chi connectivity index (χ3n) is 6.98. The third-order valence-corrected chi connectivity index (χ3v) is 7.91. The van der Waals surface area contributed by atoms with E-state index in [0.717, 1.165) is 23.9 Å². The van der Waals surface area contributed by atoms with Crippen molar-refractivity contribution in [3.63, 3.8) is 0 Å². The van der Waals surface area contributed by atoms with Crippen molar-refractivity contribution < 1.29 is 53.0 Å². The Morgan fingerprint density at radius 3 is 2.28 bits per heavy atom. The van der Waals surface area contributed by atoms with Crippen LogP contribution >= 0.6 is 11.8 Å². The predicted molar refractivity (Wildman–Crippen MR) is 134 cm³/mol. The zero-order chi connectivity index (χ0) is 27.1. The predicted octanol–water partition coefficient (Wildman–Crippen LogP) is 6.70. The first-order valence-corrected chi connectivity index (χ1v) is 12.5. The molecule has 200 valence electrons. The summed E-state index contributed by atoms with van der Waals surface area (Å²) in [5.74, 6) is -0.758. The Labute approximate surface area is 241 Å². The van der Waals surface area contributed by atoms with Gasteiger partial charge in [0, 0.05) is 15.8 Å². The van der Waals surface area contributed by atoms with E-state index in [2.05, 4.69) is 11.4 Å². The fraction of sp³-hybridized carbons (Fsp3) is 0.241. The molecule has 3 aliphatic rings. The zero-order valence-electron chi connectivity index (χ0n) is 20.3. The molecule has 0 aliphatic heterocycles. The van der Waals surface area contributed by atoms with E-state index in [-0.39, 0.29) is 48.4 Å². The largest absolute Gasteiger partial charge is 2.00 e. The summed E-state index contributed by atoms with van der Waals surface area (Å²) in [6, 6.07) is 16.8. The van der Waals surface area contributed by atoms with Crippen LogP contribution in [0.1, 0.15) is 40.7 Å². The van der Waals surface area contributed by atoms with Crippen molar-refractivity contribution in [1.82, 2.24) is 5.32 Å². The summed E-state index contributed by atoms with van der Waals surface area (Å²) in [6.07, 6.45) is -2.36. The van der Waals surface area contributed by atoms with E-state index in [0.29, 0.717) is 53.9 Å². The van der Waals surface area contributed by atoms with Gasteiger partial charge in [-0.15, -0.1) is 23.3 Å². The molecule has 0 atom stereocenters.